The van der Waals surface area contributed by atoms with Crippen molar-refractivity contribution in [3.05, 3.63) is 36.4 Å². The highest BCUT2D eigenvalue weighted by Crippen LogP contribution is 2.41. The normalized spacial score (nSPS) is 21.9. The highest BCUT2D eigenvalue weighted by Gasteiger charge is 2.32. The van der Waals surface area contributed by atoms with E-state index >= 15 is 0 Å². The summed E-state index contributed by atoms with van der Waals surface area (Å²) < 4.78 is 6.08. The zero-order valence-corrected chi connectivity index (χ0v) is 11.9. The Morgan fingerprint density at radius 3 is 2.95 bits per heavy atom. The summed E-state index contributed by atoms with van der Waals surface area (Å²) in [7, 11) is 0. The zero-order valence-electron chi connectivity index (χ0n) is 11.0. The van der Waals surface area contributed by atoms with E-state index < -0.39 is 0 Å². The van der Waals surface area contributed by atoms with Gasteiger partial charge >= 0.3 is 0 Å². The maximum atomic E-state index is 11.8. The predicted octanol–water partition coefficient (Wildman–Crippen LogP) is 3.27. The highest BCUT2D eigenvalue weighted by atomic mass is 32.2. The van der Waals surface area contributed by atoms with Gasteiger partial charge in [-0.3, -0.25) is 4.79 Å². The first kappa shape index (κ1) is 12.1. The monoisotopic (exact) mass is 285 g/mol. The van der Waals surface area contributed by atoms with Crippen LogP contribution in [0.2, 0.25) is 0 Å². The molecule has 4 rings (SSSR count). The van der Waals surface area contributed by atoms with Gasteiger partial charge in [-0.1, -0.05) is 30.3 Å². The average Bonchev–Trinajstić information content (AvgIpc) is 2.92. The lowest BCUT2D eigenvalue weighted by molar-refractivity contribution is -0.134. The van der Waals surface area contributed by atoms with Crippen LogP contribution in [0.1, 0.15) is 12.8 Å². The summed E-state index contributed by atoms with van der Waals surface area (Å²) in [5.41, 5.74) is 0. The lowest BCUT2D eigenvalue weighted by Gasteiger charge is -2.32. The van der Waals surface area contributed by atoms with Crippen LogP contribution in [0, 0.1) is 0 Å². The topological polar surface area (TPSA) is 29.5 Å². The molecule has 0 spiro atoms. The first-order chi connectivity index (χ1) is 9.83. The summed E-state index contributed by atoms with van der Waals surface area (Å²) in [4.78, 5) is 14.9. The number of likely N-dealkylation sites (tertiary alicyclic amines) is 1. The Hall–Kier alpha value is -1.68. The van der Waals surface area contributed by atoms with Gasteiger partial charge in [-0.05, 0) is 23.3 Å². The van der Waals surface area contributed by atoms with Crippen LogP contribution in [0.4, 0.5) is 0 Å². The number of carbonyl (C=O) groups excluding carboxylic acids is 1. The number of amides is 1. The molecule has 0 aliphatic carbocycles. The molecule has 1 fully saturated rings. The first-order valence-corrected chi connectivity index (χ1v) is 7.92. The standard InChI is InChI=1S/C16H15NO2S/c18-14-6-3-9-17(14)15-10-20-16-12-5-2-1-4-11(12)7-8-13(16)19-15/h1-2,4-5,7-8,15H,3,6,9-10H2. The summed E-state index contributed by atoms with van der Waals surface area (Å²) in [6, 6.07) is 12.5. The van der Waals surface area contributed by atoms with Crippen LogP contribution in [0.3, 0.4) is 0 Å². The first-order valence-electron chi connectivity index (χ1n) is 6.93. The van der Waals surface area contributed by atoms with Crippen molar-refractivity contribution >= 4 is 28.4 Å². The highest BCUT2D eigenvalue weighted by molar-refractivity contribution is 7.99. The van der Waals surface area contributed by atoms with Gasteiger partial charge in [-0.15, -0.1) is 11.8 Å². The molecule has 0 saturated carbocycles. The lowest BCUT2D eigenvalue weighted by Crippen LogP contribution is -2.43. The van der Waals surface area contributed by atoms with E-state index in [9.17, 15) is 4.79 Å². The summed E-state index contributed by atoms with van der Waals surface area (Å²) in [6.07, 6.45) is 1.51. The molecule has 102 valence electrons. The van der Waals surface area contributed by atoms with Gasteiger partial charge in [0.05, 0.1) is 10.6 Å². The molecule has 2 aromatic carbocycles. The third-order valence-corrected chi connectivity index (χ3v) is 5.10. The maximum absolute atomic E-state index is 11.8. The molecule has 3 nitrogen and oxygen atoms in total. The molecular formula is C16H15NO2S. The van der Waals surface area contributed by atoms with E-state index in [-0.39, 0.29) is 12.1 Å². The van der Waals surface area contributed by atoms with E-state index in [0.29, 0.717) is 6.42 Å². The van der Waals surface area contributed by atoms with Crippen LogP contribution in [0.25, 0.3) is 10.8 Å². The molecule has 2 aromatic rings. The third-order valence-electron chi connectivity index (χ3n) is 3.93. The van der Waals surface area contributed by atoms with Gasteiger partial charge in [-0.2, -0.15) is 0 Å². The molecule has 1 unspecified atom stereocenters. The number of hydrogen-bond donors (Lipinski definition) is 0. The van der Waals surface area contributed by atoms with E-state index in [1.54, 1.807) is 11.8 Å². The van der Waals surface area contributed by atoms with E-state index in [0.717, 1.165) is 24.5 Å². The minimum absolute atomic E-state index is 0.108. The number of benzene rings is 2. The van der Waals surface area contributed by atoms with Crippen molar-refractivity contribution in [1.82, 2.24) is 4.90 Å². The third kappa shape index (κ3) is 1.86. The average molecular weight is 285 g/mol. The minimum Gasteiger partial charge on any atom is -0.468 e. The fourth-order valence-electron chi connectivity index (χ4n) is 2.93. The lowest BCUT2D eigenvalue weighted by atomic mass is 10.1. The van der Waals surface area contributed by atoms with Gasteiger partial charge < -0.3 is 9.64 Å². The number of carbonyl (C=O) groups is 1. The number of thioether (sulfide) groups is 1. The van der Waals surface area contributed by atoms with Gasteiger partial charge in [0.15, 0.2) is 6.23 Å². The second-order valence-corrected chi connectivity index (χ2v) is 6.22. The molecule has 2 aliphatic rings. The van der Waals surface area contributed by atoms with Crippen molar-refractivity contribution in [2.75, 3.05) is 12.3 Å². The Bertz CT molecular complexity index is 685. The summed E-state index contributed by atoms with van der Waals surface area (Å²) in [5, 5.41) is 2.47. The van der Waals surface area contributed by atoms with Crippen LogP contribution in [0.15, 0.2) is 41.3 Å². The Morgan fingerprint density at radius 2 is 2.10 bits per heavy atom. The molecule has 0 N–H and O–H groups in total. The van der Waals surface area contributed by atoms with Crippen LogP contribution in [0.5, 0.6) is 5.75 Å². The van der Waals surface area contributed by atoms with Crippen LogP contribution < -0.4 is 4.74 Å². The van der Waals surface area contributed by atoms with E-state index in [1.165, 1.54) is 15.7 Å². The van der Waals surface area contributed by atoms with Gasteiger partial charge in [0.2, 0.25) is 5.91 Å². The fourth-order valence-corrected chi connectivity index (χ4v) is 4.08. The van der Waals surface area contributed by atoms with Gasteiger partial charge in [0.25, 0.3) is 0 Å². The largest absolute Gasteiger partial charge is 0.468 e. The molecule has 4 heteroatoms. The van der Waals surface area contributed by atoms with Crippen molar-refractivity contribution in [3.63, 3.8) is 0 Å². The molecule has 0 aromatic heterocycles. The van der Waals surface area contributed by atoms with Gasteiger partial charge in [0.1, 0.15) is 5.75 Å². The van der Waals surface area contributed by atoms with E-state index in [1.807, 2.05) is 11.0 Å². The molecule has 1 saturated heterocycles. The minimum atomic E-state index is -0.108. The summed E-state index contributed by atoms with van der Waals surface area (Å²) in [5.74, 6) is 1.94. The molecule has 20 heavy (non-hydrogen) atoms. The number of rotatable bonds is 1. The van der Waals surface area contributed by atoms with Gasteiger partial charge in [-0.25, -0.2) is 0 Å². The molecule has 1 amide bonds. The van der Waals surface area contributed by atoms with E-state index in [4.69, 9.17) is 4.74 Å². The van der Waals surface area contributed by atoms with Crippen LogP contribution in [-0.4, -0.2) is 29.3 Å². The number of nitrogens with zero attached hydrogens (tertiary/aromatic N) is 1. The Balaban J connectivity index is 1.70. The number of hydrogen-bond acceptors (Lipinski definition) is 3. The predicted molar refractivity (Wildman–Crippen MR) is 80.0 cm³/mol. The molecule has 2 heterocycles. The molecule has 0 bridgehead atoms. The van der Waals surface area contributed by atoms with Crippen LogP contribution in [-0.2, 0) is 4.79 Å². The van der Waals surface area contributed by atoms with Gasteiger partial charge in [0, 0.05) is 13.0 Å². The second kappa shape index (κ2) is 4.70. The Labute approximate surface area is 121 Å². The number of fused-ring (bicyclic) bond motifs is 3. The maximum Gasteiger partial charge on any atom is 0.225 e. The van der Waals surface area contributed by atoms with Crippen molar-refractivity contribution in [2.24, 2.45) is 0 Å². The molecule has 0 radical (unpaired) electrons. The molecule has 2 aliphatic heterocycles. The van der Waals surface area contributed by atoms with E-state index in [2.05, 4.69) is 30.3 Å². The second-order valence-electron chi connectivity index (χ2n) is 5.19. The Morgan fingerprint density at radius 1 is 1.20 bits per heavy atom. The van der Waals surface area contributed by atoms with Crippen molar-refractivity contribution < 1.29 is 9.53 Å². The summed E-state index contributed by atoms with van der Waals surface area (Å²) >= 11 is 1.80. The molecular weight excluding hydrogens is 270 g/mol. The van der Waals surface area contributed by atoms with Crippen LogP contribution >= 0.6 is 11.8 Å². The Kier molecular flexibility index (Phi) is 2.84. The van der Waals surface area contributed by atoms with Crippen molar-refractivity contribution in [2.45, 2.75) is 24.0 Å². The summed E-state index contributed by atoms with van der Waals surface area (Å²) in [6.45, 7) is 0.826. The number of ether oxygens (including phenoxy) is 1. The smallest absolute Gasteiger partial charge is 0.225 e. The van der Waals surface area contributed by atoms with Crippen molar-refractivity contribution in [1.29, 1.82) is 0 Å². The molecule has 1 atom stereocenters. The fraction of sp³-hybridized carbons (Fsp3) is 0.312. The zero-order chi connectivity index (χ0) is 13.5. The quantitative estimate of drug-likeness (QED) is 0.805. The SMILES string of the molecule is O=C1CCCN1C1CSc2c(ccc3ccccc23)O1. The van der Waals surface area contributed by atoms with Crippen molar-refractivity contribution in [3.8, 4) is 5.75 Å².